The van der Waals surface area contributed by atoms with Crippen molar-refractivity contribution in [2.24, 2.45) is 0 Å². The van der Waals surface area contributed by atoms with Gasteiger partial charge in [-0.15, -0.1) is 0 Å². The number of carbonyl (C=O) groups is 1. The van der Waals surface area contributed by atoms with Gasteiger partial charge < -0.3 is 30.0 Å². The van der Waals surface area contributed by atoms with Crippen molar-refractivity contribution in [3.8, 4) is 11.5 Å². The zero-order chi connectivity index (χ0) is 21.3. The van der Waals surface area contributed by atoms with E-state index in [2.05, 4.69) is 5.32 Å². The Kier molecular flexibility index (Phi) is 7.68. The molecule has 7 heteroatoms. The van der Waals surface area contributed by atoms with Crippen LogP contribution in [-0.2, 0) is 16.1 Å². The number of hydrogen-bond acceptors (Lipinski definition) is 6. The molecule has 3 N–H and O–H groups in total. The maximum atomic E-state index is 11.1. The molecule has 0 radical (unpaired) electrons. The zero-order valence-electron chi connectivity index (χ0n) is 17.1. The normalized spacial score (nSPS) is 15.0. The molecule has 160 valence electrons. The van der Waals surface area contributed by atoms with Crippen LogP contribution in [0.25, 0.3) is 0 Å². The number of carboxylic acid groups (broad SMARTS) is 1. The van der Waals surface area contributed by atoms with Crippen LogP contribution in [0.4, 0.5) is 5.69 Å². The number of aliphatic carboxylic acids is 1. The Balaban J connectivity index is 1.62. The highest BCUT2D eigenvalue weighted by atomic mass is 16.5. The summed E-state index contributed by atoms with van der Waals surface area (Å²) in [5.41, 5.74) is 3.55. The molecule has 0 fully saturated rings. The lowest BCUT2D eigenvalue weighted by Crippen LogP contribution is -2.17. The molecule has 0 aliphatic carbocycles. The Morgan fingerprint density at radius 2 is 2.20 bits per heavy atom. The van der Waals surface area contributed by atoms with Gasteiger partial charge in [-0.2, -0.15) is 0 Å². The minimum absolute atomic E-state index is 0.0294. The molecule has 0 saturated carbocycles. The Bertz CT molecular complexity index is 884. The second-order valence-electron chi connectivity index (χ2n) is 7.11. The van der Waals surface area contributed by atoms with Gasteiger partial charge in [0.1, 0.15) is 18.1 Å². The number of hydrogen-bond donors (Lipinski definition) is 3. The molecular weight excluding hydrogens is 384 g/mol. The van der Waals surface area contributed by atoms with Gasteiger partial charge >= 0.3 is 5.97 Å². The molecule has 1 aliphatic heterocycles. The predicted molar refractivity (Wildman–Crippen MR) is 115 cm³/mol. The first kappa shape index (κ1) is 21.6. The van der Waals surface area contributed by atoms with Crippen LogP contribution in [0.2, 0.25) is 0 Å². The fourth-order valence-corrected chi connectivity index (χ4v) is 3.51. The van der Waals surface area contributed by atoms with Crippen molar-refractivity contribution in [3.05, 3.63) is 53.1 Å². The minimum Gasteiger partial charge on any atom is -0.493 e. The third-order valence-corrected chi connectivity index (χ3v) is 5.01. The molecule has 0 saturated heterocycles. The summed E-state index contributed by atoms with van der Waals surface area (Å²) in [6, 6.07) is 11.4. The molecule has 1 unspecified atom stereocenters. The second-order valence-corrected chi connectivity index (χ2v) is 7.11. The lowest BCUT2D eigenvalue weighted by Gasteiger charge is -2.25. The molecule has 2 aromatic carbocycles. The van der Waals surface area contributed by atoms with Crippen molar-refractivity contribution in [3.63, 3.8) is 0 Å². The summed E-state index contributed by atoms with van der Waals surface area (Å²) >= 11 is 0. The van der Waals surface area contributed by atoms with Crippen molar-refractivity contribution in [1.82, 2.24) is 0 Å². The van der Waals surface area contributed by atoms with E-state index in [4.69, 9.17) is 24.7 Å². The van der Waals surface area contributed by atoms with Gasteiger partial charge in [0, 0.05) is 42.6 Å². The number of carboxylic acids is 1. The maximum Gasteiger partial charge on any atom is 0.303 e. The first-order valence-electron chi connectivity index (χ1n) is 10.2. The lowest BCUT2D eigenvalue weighted by atomic mass is 9.90. The fraction of sp³-hybridized carbons (Fsp3) is 0.391. The molecule has 1 heterocycles. The SMILES string of the molecule is CCOCCNc1ccc(COc2ccc3c(c2)OCCC3CC(=O)O)cc1C=N. The van der Waals surface area contributed by atoms with E-state index in [0.717, 1.165) is 22.4 Å². The first-order valence-corrected chi connectivity index (χ1v) is 10.2. The molecule has 0 amide bonds. The number of anilines is 1. The van der Waals surface area contributed by atoms with Crippen LogP contribution in [0.1, 0.15) is 42.4 Å². The van der Waals surface area contributed by atoms with Crippen LogP contribution < -0.4 is 14.8 Å². The van der Waals surface area contributed by atoms with Gasteiger partial charge in [-0.05, 0) is 42.7 Å². The maximum absolute atomic E-state index is 11.1. The predicted octanol–water partition coefficient (Wildman–Crippen LogP) is 4.05. The highest BCUT2D eigenvalue weighted by molar-refractivity contribution is 5.86. The molecular formula is C23H28N2O5. The summed E-state index contributed by atoms with van der Waals surface area (Å²) in [5, 5.41) is 20.0. The summed E-state index contributed by atoms with van der Waals surface area (Å²) in [6.45, 7) is 4.81. The van der Waals surface area contributed by atoms with Crippen LogP contribution in [0.5, 0.6) is 11.5 Å². The third kappa shape index (κ3) is 5.73. The molecule has 3 rings (SSSR count). The van der Waals surface area contributed by atoms with E-state index >= 15 is 0 Å². The topological polar surface area (TPSA) is 101 Å². The van der Waals surface area contributed by atoms with Crippen LogP contribution in [0, 0.1) is 5.41 Å². The molecule has 2 aromatic rings. The highest BCUT2D eigenvalue weighted by Crippen LogP contribution is 2.38. The van der Waals surface area contributed by atoms with Crippen LogP contribution in [0.15, 0.2) is 36.4 Å². The zero-order valence-corrected chi connectivity index (χ0v) is 17.1. The van der Waals surface area contributed by atoms with Crippen molar-refractivity contribution in [2.75, 3.05) is 31.7 Å². The molecule has 1 atom stereocenters. The van der Waals surface area contributed by atoms with E-state index in [1.54, 1.807) is 0 Å². The monoisotopic (exact) mass is 412 g/mol. The second kappa shape index (κ2) is 10.6. The molecule has 1 aliphatic rings. The third-order valence-electron chi connectivity index (χ3n) is 5.01. The lowest BCUT2D eigenvalue weighted by molar-refractivity contribution is -0.137. The summed E-state index contributed by atoms with van der Waals surface area (Å²) in [7, 11) is 0. The van der Waals surface area contributed by atoms with Gasteiger partial charge in [-0.1, -0.05) is 12.1 Å². The van der Waals surface area contributed by atoms with E-state index < -0.39 is 5.97 Å². The number of rotatable bonds is 11. The van der Waals surface area contributed by atoms with Gasteiger partial charge in [0.05, 0.1) is 19.6 Å². The van der Waals surface area contributed by atoms with Crippen LogP contribution in [0.3, 0.4) is 0 Å². The van der Waals surface area contributed by atoms with Crippen LogP contribution >= 0.6 is 0 Å². The molecule has 0 bridgehead atoms. The summed E-state index contributed by atoms with van der Waals surface area (Å²) in [5.74, 6) is 0.531. The Morgan fingerprint density at radius 3 is 2.97 bits per heavy atom. The van der Waals surface area contributed by atoms with Crippen molar-refractivity contribution >= 4 is 17.9 Å². The number of benzene rings is 2. The van der Waals surface area contributed by atoms with Crippen molar-refractivity contribution < 1.29 is 24.1 Å². The largest absolute Gasteiger partial charge is 0.493 e. The minimum atomic E-state index is -0.800. The average Bonchev–Trinajstić information content (AvgIpc) is 2.75. The van der Waals surface area contributed by atoms with Gasteiger partial charge in [0.15, 0.2) is 0 Å². The van der Waals surface area contributed by atoms with E-state index in [-0.39, 0.29) is 12.3 Å². The number of ether oxygens (including phenoxy) is 3. The van der Waals surface area contributed by atoms with Gasteiger partial charge in [0.2, 0.25) is 0 Å². The van der Waals surface area contributed by atoms with Gasteiger partial charge in [0.25, 0.3) is 0 Å². The fourth-order valence-electron chi connectivity index (χ4n) is 3.51. The first-order chi connectivity index (χ1) is 14.6. The number of fused-ring (bicyclic) bond motifs is 1. The van der Waals surface area contributed by atoms with Crippen molar-refractivity contribution in [2.45, 2.75) is 32.3 Å². The summed E-state index contributed by atoms with van der Waals surface area (Å²) in [4.78, 5) is 11.1. The van der Waals surface area contributed by atoms with E-state index in [1.807, 2.05) is 43.3 Å². The average molecular weight is 412 g/mol. The van der Waals surface area contributed by atoms with E-state index in [0.29, 0.717) is 50.9 Å². The smallest absolute Gasteiger partial charge is 0.303 e. The molecule has 30 heavy (non-hydrogen) atoms. The number of nitrogens with one attached hydrogen (secondary N) is 2. The van der Waals surface area contributed by atoms with E-state index in [9.17, 15) is 4.79 Å². The summed E-state index contributed by atoms with van der Waals surface area (Å²) < 4.78 is 17.0. The quantitative estimate of drug-likeness (QED) is 0.380. The van der Waals surface area contributed by atoms with Crippen LogP contribution in [-0.4, -0.2) is 43.7 Å². The Morgan fingerprint density at radius 1 is 1.33 bits per heavy atom. The summed E-state index contributed by atoms with van der Waals surface area (Å²) in [6.07, 6.45) is 2.13. The van der Waals surface area contributed by atoms with Gasteiger partial charge in [-0.3, -0.25) is 4.79 Å². The highest BCUT2D eigenvalue weighted by Gasteiger charge is 2.24. The van der Waals surface area contributed by atoms with Gasteiger partial charge in [-0.25, -0.2) is 0 Å². The van der Waals surface area contributed by atoms with E-state index in [1.165, 1.54) is 6.21 Å². The molecule has 0 aromatic heterocycles. The molecule has 0 spiro atoms. The van der Waals surface area contributed by atoms with Crippen molar-refractivity contribution in [1.29, 1.82) is 5.41 Å². The Hall–Kier alpha value is -3.06. The standard InChI is InChI=1S/C23H28N2O5/c1-2-28-10-8-25-21-6-3-16(11-18(21)14-24)15-30-19-4-5-20-17(12-23(26)27)7-9-29-22(20)13-19/h3-6,11,13-14,17,24-25H,2,7-10,12,15H2,1H3,(H,26,27). The molecule has 7 nitrogen and oxygen atoms in total. The Labute approximate surface area is 176 Å².